The molecule has 0 aliphatic carbocycles. The van der Waals surface area contributed by atoms with Crippen LogP contribution in [0.3, 0.4) is 0 Å². The summed E-state index contributed by atoms with van der Waals surface area (Å²) in [7, 11) is 0. The van der Waals surface area contributed by atoms with E-state index in [9.17, 15) is 0 Å². The molecule has 0 heterocycles. The molecule has 0 spiro atoms. The molecule has 3 heteroatoms. The van der Waals surface area contributed by atoms with Gasteiger partial charge in [0, 0.05) is 13.4 Å². The van der Waals surface area contributed by atoms with Crippen LogP contribution < -0.4 is 0 Å². The minimum atomic E-state index is 0.329. The highest BCUT2D eigenvalue weighted by molar-refractivity contribution is 14.1. The Hall–Kier alpha value is -0.0600. The van der Waals surface area contributed by atoms with Crippen molar-refractivity contribution in [3.63, 3.8) is 0 Å². The zero-order valence-corrected chi connectivity index (χ0v) is 13.5. The first-order chi connectivity index (χ1) is 8.15. The fraction of sp³-hybridized carbons (Fsp3) is 0.143. The second-order valence-electron chi connectivity index (χ2n) is 3.86. The molecule has 0 aromatic heterocycles. The monoisotopic (exact) mass is 420 g/mol. The van der Waals surface area contributed by atoms with Gasteiger partial charge in [0.2, 0.25) is 0 Å². The smallest absolute Gasteiger partial charge is 0.0436 e. The zero-order chi connectivity index (χ0) is 12.3. The molecule has 0 saturated carbocycles. The fourth-order valence-corrected chi connectivity index (χ4v) is 3.13. The molecule has 2 aromatic rings. The Balaban J connectivity index is 2.14. The summed E-state index contributed by atoms with van der Waals surface area (Å²) in [6, 6.07) is 16.5. The van der Waals surface area contributed by atoms with E-state index in [4.69, 9.17) is 11.6 Å². The maximum Gasteiger partial charge on any atom is 0.0436 e. The van der Waals surface area contributed by atoms with E-state index in [1.54, 1.807) is 0 Å². The molecule has 1 atom stereocenters. The minimum absolute atomic E-state index is 0.329. The van der Waals surface area contributed by atoms with Crippen LogP contribution in [0.25, 0.3) is 0 Å². The van der Waals surface area contributed by atoms with E-state index < -0.39 is 0 Å². The van der Waals surface area contributed by atoms with Crippen LogP contribution in [0.15, 0.2) is 48.5 Å². The predicted octanol–water partition coefficient (Wildman–Crippen LogP) is 5.62. The molecule has 88 valence electrons. The Kier molecular flexibility index (Phi) is 4.88. The number of hydrogen-bond donors (Lipinski definition) is 0. The zero-order valence-electron chi connectivity index (χ0n) is 9.04. The summed E-state index contributed by atoms with van der Waals surface area (Å²) in [5.41, 5.74) is 2.55. The number of alkyl halides is 1. The molecule has 0 aliphatic rings. The second-order valence-corrected chi connectivity index (χ2v) is 6.64. The van der Waals surface area contributed by atoms with Gasteiger partial charge in [0.05, 0.1) is 0 Å². The van der Waals surface area contributed by atoms with Crippen molar-refractivity contribution in [2.75, 3.05) is 0 Å². The number of hydrogen-bond acceptors (Lipinski definition) is 0. The highest BCUT2D eigenvalue weighted by Gasteiger charge is 2.08. The molecule has 0 bridgehead atoms. The molecule has 17 heavy (non-hydrogen) atoms. The minimum Gasteiger partial charge on any atom is -0.0843 e. The molecular formula is C14H11BrClI. The average Bonchev–Trinajstić information content (AvgIpc) is 2.29. The largest absolute Gasteiger partial charge is 0.0843 e. The number of halogens is 3. The van der Waals surface area contributed by atoms with Gasteiger partial charge >= 0.3 is 0 Å². The van der Waals surface area contributed by atoms with Gasteiger partial charge in [0.1, 0.15) is 0 Å². The van der Waals surface area contributed by atoms with Crippen molar-refractivity contribution in [2.24, 2.45) is 0 Å². The number of rotatable bonds is 3. The van der Waals surface area contributed by atoms with Gasteiger partial charge in [-0.05, 0) is 64.4 Å². The molecule has 0 amide bonds. The van der Waals surface area contributed by atoms with E-state index in [0.29, 0.717) is 4.83 Å². The molecule has 2 rings (SSSR count). The predicted molar refractivity (Wildman–Crippen MR) is 86.0 cm³/mol. The lowest BCUT2D eigenvalue weighted by Gasteiger charge is -2.11. The normalized spacial score (nSPS) is 12.4. The quantitative estimate of drug-likeness (QED) is 0.446. The van der Waals surface area contributed by atoms with Gasteiger partial charge < -0.3 is 0 Å². The molecule has 2 aromatic carbocycles. The third-order valence-corrected chi connectivity index (χ3v) is 4.27. The summed E-state index contributed by atoms with van der Waals surface area (Å²) < 4.78 is 1.26. The average molecular weight is 422 g/mol. The van der Waals surface area contributed by atoms with Crippen LogP contribution >= 0.6 is 50.1 Å². The van der Waals surface area contributed by atoms with E-state index in [0.717, 1.165) is 11.4 Å². The van der Waals surface area contributed by atoms with Crippen molar-refractivity contribution in [2.45, 2.75) is 11.2 Å². The van der Waals surface area contributed by atoms with Gasteiger partial charge in [-0.15, -0.1) is 0 Å². The van der Waals surface area contributed by atoms with E-state index >= 15 is 0 Å². The first kappa shape index (κ1) is 13.4. The van der Waals surface area contributed by atoms with Crippen molar-refractivity contribution < 1.29 is 0 Å². The maximum absolute atomic E-state index is 5.98. The lowest BCUT2D eigenvalue weighted by molar-refractivity contribution is 0.948. The van der Waals surface area contributed by atoms with Crippen LogP contribution in [-0.4, -0.2) is 0 Å². The molecule has 0 nitrogen and oxygen atoms in total. The Morgan fingerprint density at radius 3 is 2.59 bits per heavy atom. The Labute approximate surface area is 129 Å². The van der Waals surface area contributed by atoms with Crippen molar-refractivity contribution in [1.82, 2.24) is 0 Å². The van der Waals surface area contributed by atoms with Crippen LogP contribution in [-0.2, 0) is 6.42 Å². The Morgan fingerprint density at radius 1 is 1.12 bits per heavy atom. The summed E-state index contributed by atoms with van der Waals surface area (Å²) in [6.45, 7) is 0. The Morgan fingerprint density at radius 2 is 1.88 bits per heavy atom. The first-order valence-electron chi connectivity index (χ1n) is 5.29. The molecule has 0 N–H and O–H groups in total. The maximum atomic E-state index is 5.98. The summed E-state index contributed by atoms with van der Waals surface area (Å²) in [6.07, 6.45) is 0.945. The van der Waals surface area contributed by atoms with E-state index in [1.165, 1.54) is 14.7 Å². The summed E-state index contributed by atoms with van der Waals surface area (Å²) >= 11 is 12.1. The fourth-order valence-electron chi connectivity index (χ4n) is 1.69. The third-order valence-electron chi connectivity index (χ3n) is 2.51. The van der Waals surface area contributed by atoms with Gasteiger partial charge in [0.15, 0.2) is 0 Å². The summed E-state index contributed by atoms with van der Waals surface area (Å²) in [5.74, 6) is 0. The van der Waals surface area contributed by atoms with Gasteiger partial charge in [-0.25, -0.2) is 0 Å². The molecule has 0 radical (unpaired) electrons. The standard InChI is InChI=1S/C14H11BrClI/c15-14(11-4-2-6-13(17)9-11)8-10-3-1-5-12(16)7-10/h1-7,9,14H,8H2. The lowest BCUT2D eigenvalue weighted by atomic mass is 10.0. The second kappa shape index (κ2) is 6.21. The van der Waals surface area contributed by atoms with Crippen LogP contribution in [0.1, 0.15) is 16.0 Å². The highest BCUT2D eigenvalue weighted by Crippen LogP contribution is 2.28. The SMILES string of the molecule is Clc1cccc(CC(Br)c2cccc(I)c2)c1. The lowest BCUT2D eigenvalue weighted by Crippen LogP contribution is -1.95. The van der Waals surface area contributed by atoms with Crippen LogP contribution in [0.4, 0.5) is 0 Å². The topological polar surface area (TPSA) is 0 Å². The van der Waals surface area contributed by atoms with Gasteiger partial charge in [-0.2, -0.15) is 0 Å². The van der Waals surface area contributed by atoms with Gasteiger partial charge in [0.25, 0.3) is 0 Å². The number of benzene rings is 2. The van der Waals surface area contributed by atoms with E-state index in [1.807, 2.05) is 18.2 Å². The molecule has 0 fully saturated rings. The molecule has 0 saturated heterocycles. The highest BCUT2D eigenvalue weighted by atomic mass is 127. The van der Waals surface area contributed by atoms with Crippen molar-refractivity contribution in [3.8, 4) is 0 Å². The van der Waals surface area contributed by atoms with Crippen molar-refractivity contribution in [1.29, 1.82) is 0 Å². The third kappa shape index (κ3) is 3.97. The first-order valence-corrected chi connectivity index (χ1v) is 7.66. The van der Waals surface area contributed by atoms with Crippen molar-refractivity contribution in [3.05, 3.63) is 68.3 Å². The summed E-state index contributed by atoms with van der Waals surface area (Å²) in [4.78, 5) is 0.329. The Bertz CT molecular complexity index is 513. The molecule has 0 aliphatic heterocycles. The van der Waals surface area contributed by atoms with Gasteiger partial charge in [-0.1, -0.05) is 51.8 Å². The van der Waals surface area contributed by atoms with Crippen LogP contribution in [0.2, 0.25) is 5.02 Å². The van der Waals surface area contributed by atoms with Crippen LogP contribution in [0.5, 0.6) is 0 Å². The molecular weight excluding hydrogens is 410 g/mol. The van der Waals surface area contributed by atoms with E-state index in [-0.39, 0.29) is 0 Å². The van der Waals surface area contributed by atoms with Gasteiger partial charge in [-0.3, -0.25) is 0 Å². The van der Waals surface area contributed by atoms with Crippen molar-refractivity contribution >= 4 is 50.1 Å². The molecule has 1 unspecified atom stereocenters. The van der Waals surface area contributed by atoms with E-state index in [2.05, 4.69) is 68.9 Å². The summed E-state index contributed by atoms with van der Waals surface area (Å²) in [5, 5.41) is 0.796. The van der Waals surface area contributed by atoms with Crippen LogP contribution in [0, 0.1) is 3.57 Å².